The van der Waals surface area contributed by atoms with Gasteiger partial charge in [-0.15, -0.1) is 0 Å². The van der Waals surface area contributed by atoms with Crippen molar-refractivity contribution in [3.8, 4) is 11.1 Å². The van der Waals surface area contributed by atoms with Gasteiger partial charge in [-0.1, -0.05) is 35.9 Å². The van der Waals surface area contributed by atoms with E-state index in [-0.39, 0.29) is 11.6 Å². The lowest BCUT2D eigenvalue weighted by Crippen LogP contribution is -1.95. The molecule has 18 heavy (non-hydrogen) atoms. The first kappa shape index (κ1) is 12.5. The maximum absolute atomic E-state index is 13.7. The van der Waals surface area contributed by atoms with Gasteiger partial charge in [-0.25, -0.2) is 4.39 Å². The fraction of sp³-hybridized carbons (Fsp3) is 0.188. The smallest absolute Gasteiger partial charge is 0.134 e. The Labute approximate surface area is 106 Å². The molecule has 0 unspecified atom stereocenters. The maximum Gasteiger partial charge on any atom is 0.134 e. The second-order valence-corrected chi connectivity index (χ2v) is 4.56. The van der Waals surface area contributed by atoms with Crippen LogP contribution < -0.4 is 0 Å². The Kier molecular flexibility index (Phi) is 3.56. The predicted molar refractivity (Wildman–Crippen MR) is 71.0 cm³/mol. The van der Waals surface area contributed by atoms with Crippen LogP contribution in [-0.2, 0) is 11.2 Å². The standard InChI is InChI=1S/C16H15FO/c1-11-3-8-16(17)15(9-11)14-6-4-13(5-7-14)10-12(2)18/h3-9H,10H2,1-2H3. The van der Waals surface area contributed by atoms with E-state index in [4.69, 9.17) is 0 Å². The van der Waals surface area contributed by atoms with Crippen LogP contribution in [0, 0.1) is 12.7 Å². The summed E-state index contributed by atoms with van der Waals surface area (Å²) in [7, 11) is 0. The molecule has 0 heterocycles. The molecule has 0 saturated heterocycles. The number of halogens is 1. The van der Waals surface area contributed by atoms with Gasteiger partial charge < -0.3 is 0 Å². The van der Waals surface area contributed by atoms with Crippen molar-refractivity contribution in [2.75, 3.05) is 0 Å². The van der Waals surface area contributed by atoms with E-state index in [1.807, 2.05) is 37.3 Å². The summed E-state index contributed by atoms with van der Waals surface area (Å²) in [6, 6.07) is 12.5. The second kappa shape index (κ2) is 5.13. The van der Waals surface area contributed by atoms with Gasteiger partial charge in [-0.05, 0) is 37.1 Å². The van der Waals surface area contributed by atoms with Gasteiger partial charge >= 0.3 is 0 Å². The molecule has 1 nitrogen and oxygen atoms in total. The number of rotatable bonds is 3. The zero-order valence-electron chi connectivity index (χ0n) is 10.5. The van der Waals surface area contributed by atoms with E-state index in [2.05, 4.69) is 0 Å². The van der Waals surface area contributed by atoms with Crippen LogP contribution in [0.5, 0.6) is 0 Å². The molecule has 0 fully saturated rings. The topological polar surface area (TPSA) is 17.1 Å². The zero-order chi connectivity index (χ0) is 13.1. The Morgan fingerprint density at radius 2 is 1.78 bits per heavy atom. The monoisotopic (exact) mass is 242 g/mol. The Bertz CT molecular complexity index is 570. The number of aryl methyl sites for hydroxylation is 1. The van der Waals surface area contributed by atoms with Crippen molar-refractivity contribution < 1.29 is 9.18 Å². The van der Waals surface area contributed by atoms with Crippen LogP contribution in [0.15, 0.2) is 42.5 Å². The summed E-state index contributed by atoms with van der Waals surface area (Å²) in [5, 5.41) is 0. The molecule has 0 N–H and O–H groups in total. The van der Waals surface area contributed by atoms with E-state index in [1.54, 1.807) is 13.0 Å². The van der Waals surface area contributed by atoms with Crippen LogP contribution in [0.25, 0.3) is 11.1 Å². The summed E-state index contributed by atoms with van der Waals surface area (Å²) in [5.74, 6) is -0.0931. The summed E-state index contributed by atoms with van der Waals surface area (Å²) in [6.07, 6.45) is 0.427. The average Bonchev–Trinajstić information content (AvgIpc) is 2.33. The van der Waals surface area contributed by atoms with E-state index in [9.17, 15) is 9.18 Å². The van der Waals surface area contributed by atoms with Crippen LogP contribution in [0.2, 0.25) is 0 Å². The van der Waals surface area contributed by atoms with Gasteiger partial charge in [0.1, 0.15) is 11.6 Å². The fourth-order valence-corrected chi connectivity index (χ4v) is 1.95. The molecule has 2 aromatic carbocycles. The summed E-state index contributed by atoms with van der Waals surface area (Å²) in [4.78, 5) is 11.0. The van der Waals surface area contributed by atoms with Gasteiger partial charge in [-0.2, -0.15) is 0 Å². The molecule has 0 bridgehead atoms. The number of carbonyl (C=O) groups is 1. The van der Waals surface area contributed by atoms with Crippen LogP contribution in [0.1, 0.15) is 18.1 Å². The molecule has 0 saturated carbocycles. The van der Waals surface area contributed by atoms with Gasteiger partial charge in [0.25, 0.3) is 0 Å². The molecule has 0 aliphatic rings. The number of carbonyl (C=O) groups excluding carboxylic acids is 1. The SMILES string of the molecule is CC(=O)Cc1ccc(-c2cc(C)ccc2F)cc1. The van der Waals surface area contributed by atoms with E-state index in [0.717, 1.165) is 16.7 Å². The third-order valence-electron chi connectivity index (χ3n) is 2.84. The molecule has 0 radical (unpaired) electrons. The number of hydrogen-bond acceptors (Lipinski definition) is 1. The minimum absolute atomic E-state index is 0.129. The fourth-order valence-electron chi connectivity index (χ4n) is 1.95. The Morgan fingerprint density at radius 3 is 2.39 bits per heavy atom. The molecule has 92 valence electrons. The van der Waals surface area contributed by atoms with E-state index in [0.29, 0.717) is 12.0 Å². The van der Waals surface area contributed by atoms with E-state index in [1.165, 1.54) is 6.07 Å². The van der Waals surface area contributed by atoms with Gasteiger partial charge in [0.15, 0.2) is 0 Å². The van der Waals surface area contributed by atoms with Crippen molar-refractivity contribution in [1.82, 2.24) is 0 Å². The van der Waals surface area contributed by atoms with Crippen molar-refractivity contribution >= 4 is 5.78 Å². The molecule has 2 aromatic rings. The third kappa shape index (κ3) is 2.83. The Balaban J connectivity index is 2.34. The molecule has 0 aliphatic heterocycles. The predicted octanol–water partition coefficient (Wildman–Crippen LogP) is 3.93. The van der Waals surface area contributed by atoms with Crippen molar-refractivity contribution in [3.63, 3.8) is 0 Å². The van der Waals surface area contributed by atoms with E-state index < -0.39 is 0 Å². The molecule has 0 spiro atoms. The summed E-state index contributed by atoms with van der Waals surface area (Å²) >= 11 is 0. The lowest BCUT2D eigenvalue weighted by Gasteiger charge is -2.06. The molecule has 0 amide bonds. The Hall–Kier alpha value is -1.96. The maximum atomic E-state index is 13.7. The van der Waals surface area contributed by atoms with Crippen LogP contribution in [-0.4, -0.2) is 5.78 Å². The molecular weight excluding hydrogens is 227 g/mol. The molecular formula is C16H15FO. The lowest BCUT2D eigenvalue weighted by atomic mass is 10.0. The largest absolute Gasteiger partial charge is 0.300 e. The van der Waals surface area contributed by atoms with Crippen molar-refractivity contribution in [3.05, 3.63) is 59.4 Å². The van der Waals surface area contributed by atoms with Crippen molar-refractivity contribution in [2.24, 2.45) is 0 Å². The van der Waals surface area contributed by atoms with Crippen LogP contribution in [0.3, 0.4) is 0 Å². The van der Waals surface area contributed by atoms with E-state index >= 15 is 0 Å². The molecule has 0 atom stereocenters. The molecule has 0 aromatic heterocycles. The normalized spacial score (nSPS) is 10.4. The third-order valence-corrected chi connectivity index (χ3v) is 2.84. The highest BCUT2D eigenvalue weighted by atomic mass is 19.1. The van der Waals surface area contributed by atoms with Crippen molar-refractivity contribution in [1.29, 1.82) is 0 Å². The first-order valence-electron chi connectivity index (χ1n) is 5.91. The Morgan fingerprint density at radius 1 is 1.11 bits per heavy atom. The van der Waals surface area contributed by atoms with Crippen molar-refractivity contribution in [2.45, 2.75) is 20.3 Å². The number of hydrogen-bond donors (Lipinski definition) is 0. The average molecular weight is 242 g/mol. The zero-order valence-corrected chi connectivity index (χ0v) is 10.5. The van der Waals surface area contributed by atoms with Gasteiger partial charge in [-0.3, -0.25) is 4.79 Å². The summed E-state index contributed by atoms with van der Waals surface area (Å²) < 4.78 is 13.7. The number of Topliss-reactive ketones (excluding diaryl/α,β-unsaturated/α-hetero) is 1. The summed E-state index contributed by atoms with van der Waals surface area (Å²) in [5.41, 5.74) is 3.42. The second-order valence-electron chi connectivity index (χ2n) is 4.56. The summed E-state index contributed by atoms with van der Waals surface area (Å²) in [6.45, 7) is 3.50. The molecule has 2 rings (SSSR count). The van der Waals surface area contributed by atoms with Gasteiger partial charge in [0.05, 0.1) is 0 Å². The van der Waals surface area contributed by atoms with Gasteiger partial charge in [0.2, 0.25) is 0 Å². The minimum atomic E-state index is -0.222. The molecule has 2 heteroatoms. The number of ketones is 1. The first-order chi connectivity index (χ1) is 8.56. The molecule has 0 aliphatic carbocycles. The minimum Gasteiger partial charge on any atom is -0.300 e. The highest BCUT2D eigenvalue weighted by Crippen LogP contribution is 2.24. The first-order valence-corrected chi connectivity index (χ1v) is 5.91. The van der Waals surface area contributed by atoms with Gasteiger partial charge in [0, 0.05) is 12.0 Å². The van der Waals surface area contributed by atoms with Crippen LogP contribution in [0.4, 0.5) is 4.39 Å². The lowest BCUT2D eigenvalue weighted by molar-refractivity contribution is -0.116. The highest BCUT2D eigenvalue weighted by molar-refractivity contribution is 5.78. The van der Waals surface area contributed by atoms with Crippen LogP contribution >= 0.6 is 0 Å². The quantitative estimate of drug-likeness (QED) is 0.797. The highest BCUT2D eigenvalue weighted by Gasteiger charge is 2.05. The number of benzene rings is 2.